The predicted molar refractivity (Wildman–Crippen MR) is 117 cm³/mol. The lowest BCUT2D eigenvalue weighted by Gasteiger charge is -2.42. The zero-order chi connectivity index (χ0) is 24.0. The zero-order valence-corrected chi connectivity index (χ0v) is 18.9. The van der Waals surface area contributed by atoms with E-state index in [1.54, 1.807) is 0 Å². The van der Waals surface area contributed by atoms with E-state index in [1.807, 2.05) is 27.7 Å². The van der Waals surface area contributed by atoms with Crippen molar-refractivity contribution in [1.82, 2.24) is 5.32 Å². The summed E-state index contributed by atoms with van der Waals surface area (Å²) in [5, 5.41) is 28.6. The number of nitro benzene ring substituents is 2. The number of amides is 1. The summed E-state index contributed by atoms with van der Waals surface area (Å²) in [6, 6.07) is 2.67. The Morgan fingerprint density at radius 2 is 1.66 bits per heavy atom. The first kappa shape index (κ1) is 23.3. The number of anilines is 1. The maximum Gasteiger partial charge on any atom is 0.341 e. The van der Waals surface area contributed by atoms with Crippen molar-refractivity contribution in [3.8, 4) is 0 Å². The summed E-state index contributed by atoms with van der Waals surface area (Å²) in [7, 11) is 1.24. The van der Waals surface area contributed by atoms with Gasteiger partial charge in [-0.1, -0.05) is 0 Å². The van der Waals surface area contributed by atoms with Crippen LogP contribution in [0.2, 0.25) is 0 Å². The summed E-state index contributed by atoms with van der Waals surface area (Å²) in [5.41, 5.74) is -1.32. The van der Waals surface area contributed by atoms with Crippen molar-refractivity contribution >= 4 is 39.6 Å². The van der Waals surface area contributed by atoms with Gasteiger partial charge in [-0.15, -0.1) is 11.3 Å². The van der Waals surface area contributed by atoms with Crippen molar-refractivity contribution in [2.75, 3.05) is 12.4 Å². The average Bonchev–Trinajstić information content (AvgIpc) is 3.03. The number of hydrogen-bond donors (Lipinski definition) is 2. The first-order chi connectivity index (χ1) is 14.8. The maximum absolute atomic E-state index is 12.9. The normalized spacial score (nSPS) is 16.0. The number of ether oxygens (including phenoxy) is 1. The summed E-state index contributed by atoms with van der Waals surface area (Å²) in [4.78, 5) is 47.0. The first-order valence-corrected chi connectivity index (χ1v) is 10.4. The Balaban J connectivity index is 2.10. The minimum Gasteiger partial charge on any atom is -0.465 e. The smallest absolute Gasteiger partial charge is 0.341 e. The third kappa shape index (κ3) is 4.32. The largest absolute Gasteiger partial charge is 0.465 e. The second-order valence-corrected chi connectivity index (χ2v) is 9.64. The fourth-order valence-corrected chi connectivity index (χ4v) is 5.31. The van der Waals surface area contributed by atoms with Crippen LogP contribution in [0.1, 0.15) is 58.9 Å². The van der Waals surface area contributed by atoms with Gasteiger partial charge >= 0.3 is 5.97 Å². The van der Waals surface area contributed by atoms with Crippen molar-refractivity contribution in [2.45, 2.75) is 45.2 Å². The molecule has 0 saturated heterocycles. The average molecular weight is 462 g/mol. The van der Waals surface area contributed by atoms with Gasteiger partial charge < -0.3 is 15.4 Å². The van der Waals surface area contributed by atoms with Crippen LogP contribution in [-0.4, -0.2) is 34.4 Å². The number of methoxy groups -OCH3 is 1. The fraction of sp³-hybridized carbons (Fsp3) is 0.400. The van der Waals surface area contributed by atoms with E-state index >= 15 is 0 Å². The molecule has 1 aromatic carbocycles. The molecule has 11 nitrogen and oxygen atoms in total. The highest BCUT2D eigenvalue weighted by Crippen LogP contribution is 2.45. The van der Waals surface area contributed by atoms with E-state index < -0.39 is 38.6 Å². The van der Waals surface area contributed by atoms with E-state index in [1.165, 1.54) is 18.4 Å². The summed E-state index contributed by atoms with van der Waals surface area (Å²) < 4.78 is 4.94. The standard InChI is InChI=1S/C20H22N4O7S/c1-19(2)9-13-14(18(26)31-5)17(32-15(13)20(3,4)22-19)21-16(25)10-6-11(23(27)28)8-12(7-10)24(29)30/h6-8,22H,9H2,1-5H3,(H,21,25). The molecule has 0 radical (unpaired) electrons. The second kappa shape index (κ2) is 7.95. The molecule has 170 valence electrons. The highest BCUT2D eigenvalue weighted by molar-refractivity contribution is 7.17. The van der Waals surface area contributed by atoms with Crippen LogP contribution in [0.3, 0.4) is 0 Å². The fourth-order valence-electron chi connectivity index (χ4n) is 4.05. The van der Waals surface area contributed by atoms with Crippen molar-refractivity contribution in [3.63, 3.8) is 0 Å². The van der Waals surface area contributed by atoms with Gasteiger partial charge in [0.2, 0.25) is 0 Å². The molecular formula is C20H22N4O7S. The van der Waals surface area contributed by atoms with Crippen LogP contribution in [0, 0.1) is 20.2 Å². The van der Waals surface area contributed by atoms with Crippen LogP contribution in [0.15, 0.2) is 18.2 Å². The third-order valence-corrected chi connectivity index (χ3v) is 6.52. The molecule has 1 amide bonds. The number of nitro groups is 2. The maximum atomic E-state index is 12.9. The molecule has 0 bridgehead atoms. The number of thiophene rings is 1. The summed E-state index contributed by atoms with van der Waals surface area (Å²) >= 11 is 1.19. The first-order valence-electron chi connectivity index (χ1n) is 9.55. The van der Waals surface area contributed by atoms with Gasteiger partial charge in [0.1, 0.15) is 5.00 Å². The molecule has 1 aromatic heterocycles. The predicted octanol–water partition coefficient (Wildman–Crippen LogP) is 3.76. The van der Waals surface area contributed by atoms with Crippen LogP contribution in [0.5, 0.6) is 0 Å². The molecular weight excluding hydrogens is 440 g/mol. The van der Waals surface area contributed by atoms with Gasteiger partial charge in [-0.2, -0.15) is 0 Å². The van der Waals surface area contributed by atoms with Crippen molar-refractivity contribution in [2.24, 2.45) is 0 Å². The Morgan fingerprint density at radius 1 is 1.09 bits per heavy atom. The van der Waals surface area contributed by atoms with Crippen LogP contribution >= 0.6 is 11.3 Å². The SMILES string of the molecule is COC(=O)c1c(NC(=O)c2cc([N+](=O)[O-])cc([N+](=O)[O-])c2)sc2c1CC(C)(C)NC2(C)C. The molecule has 0 fully saturated rings. The van der Waals surface area contributed by atoms with Gasteiger partial charge in [-0.05, 0) is 39.7 Å². The molecule has 32 heavy (non-hydrogen) atoms. The second-order valence-electron chi connectivity index (χ2n) is 8.62. The third-order valence-electron chi connectivity index (χ3n) is 5.05. The summed E-state index contributed by atoms with van der Waals surface area (Å²) in [6.07, 6.45) is 0.505. The summed E-state index contributed by atoms with van der Waals surface area (Å²) in [6.45, 7) is 7.91. The van der Waals surface area contributed by atoms with E-state index in [0.717, 1.165) is 28.6 Å². The molecule has 0 aliphatic carbocycles. The zero-order valence-electron chi connectivity index (χ0n) is 18.1. The number of esters is 1. The molecule has 3 rings (SSSR count). The van der Waals surface area contributed by atoms with Gasteiger partial charge in [-0.3, -0.25) is 25.0 Å². The Kier molecular flexibility index (Phi) is 5.78. The Hall–Kier alpha value is -3.38. The topological polar surface area (TPSA) is 154 Å². The number of nitrogens with one attached hydrogen (secondary N) is 2. The summed E-state index contributed by atoms with van der Waals surface area (Å²) in [5.74, 6) is -1.44. The number of hydrogen-bond acceptors (Lipinski definition) is 9. The highest BCUT2D eigenvalue weighted by Gasteiger charge is 2.42. The minimum atomic E-state index is -0.816. The monoisotopic (exact) mass is 462 g/mol. The van der Waals surface area contributed by atoms with E-state index in [-0.39, 0.29) is 21.7 Å². The van der Waals surface area contributed by atoms with Crippen molar-refractivity contribution in [1.29, 1.82) is 0 Å². The molecule has 0 atom stereocenters. The molecule has 2 heterocycles. The lowest BCUT2D eigenvalue weighted by molar-refractivity contribution is -0.394. The Morgan fingerprint density at radius 3 is 2.16 bits per heavy atom. The molecule has 0 spiro atoms. The molecule has 12 heteroatoms. The van der Waals surface area contributed by atoms with E-state index in [2.05, 4.69) is 10.6 Å². The van der Waals surface area contributed by atoms with E-state index in [9.17, 15) is 29.8 Å². The number of carbonyl (C=O) groups excluding carboxylic acids is 2. The van der Waals surface area contributed by atoms with Crippen molar-refractivity contribution < 1.29 is 24.2 Å². The van der Waals surface area contributed by atoms with E-state index in [4.69, 9.17) is 4.74 Å². The van der Waals surface area contributed by atoms with Gasteiger partial charge in [0.25, 0.3) is 17.3 Å². The number of nitrogens with zero attached hydrogens (tertiary/aromatic N) is 2. The number of benzene rings is 1. The molecule has 1 aliphatic rings. The van der Waals surface area contributed by atoms with Crippen LogP contribution in [0.4, 0.5) is 16.4 Å². The number of carbonyl (C=O) groups is 2. The minimum absolute atomic E-state index is 0.212. The highest BCUT2D eigenvalue weighted by atomic mass is 32.1. The number of rotatable bonds is 5. The molecule has 0 unspecified atom stereocenters. The molecule has 2 aromatic rings. The van der Waals surface area contributed by atoms with Crippen LogP contribution in [0.25, 0.3) is 0 Å². The lowest BCUT2D eigenvalue weighted by atomic mass is 9.81. The van der Waals surface area contributed by atoms with E-state index in [0.29, 0.717) is 6.42 Å². The van der Waals surface area contributed by atoms with Crippen molar-refractivity contribution in [3.05, 3.63) is 60.0 Å². The quantitative estimate of drug-likeness (QED) is 0.387. The van der Waals surface area contributed by atoms with Gasteiger partial charge in [0.05, 0.1) is 34.1 Å². The van der Waals surface area contributed by atoms with Gasteiger partial charge in [0.15, 0.2) is 0 Å². The Bertz CT molecular complexity index is 1120. The Labute approximate surface area is 187 Å². The number of fused-ring (bicyclic) bond motifs is 1. The van der Waals surface area contributed by atoms with Crippen LogP contribution < -0.4 is 10.6 Å². The molecule has 1 aliphatic heterocycles. The molecule has 2 N–H and O–H groups in total. The molecule has 0 saturated carbocycles. The van der Waals surface area contributed by atoms with Crippen LogP contribution in [-0.2, 0) is 16.7 Å². The van der Waals surface area contributed by atoms with Gasteiger partial charge in [-0.25, -0.2) is 4.79 Å². The van der Waals surface area contributed by atoms with Gasteiger partial charge in [0, 0.05) is 28.1 Å². The number of non-ortho nitro benzene ring substituents is 2. The lowest BCUT2D eigenvalue weighted by Crippen LogP contribution is -2.55.